The van der Waals surface area contributed by atoms with Crippen molar-refractivity contribution in [3.05, 3.63) is 12.1 Å². The van der Waals surface area contributed by atoms with Gasteiger partial charge >= 0.3 is 0 Å². The van der Waals surface area contributed by atoms with Crippen molar-refractivity contribution in [2.45, 2.75) is 16.7 Å². The van der Waals surface area contributed by atoms with Crippen LogP contribution in [0.25, 0.3) is 11.0 Å². The van der Waals surface area contributed by atoms with Crippen LogP contribution in [0.5, 0.6) is 0 Å². The van der Waals surface area contributed by atoms with Crippen molar-refractivity contribution in [1.29, 1.82) is 0 Å². The highest BCUT2D eigenvalue weighted by Gasteiger charge is 2.19. The smallest absolute Gasteiger partial charge is 0.282 e. The van der Waals surface area contributed by atoms with E-state index in [1.807, 2.05) is 6.92 Å². The summed E-state index contributed by atoms with van der Waals surface area (Å²) in [5, 5.41) is 7.12. The molecule has 16 heavy (non-hydrogen) atoms. The SMILES string of the molecule is CCSc1ccc(S(=O)(=O)O)c2nonc12. The van der Waals surface area contributed by atoms with Crippen LogP contribution >= 0.6 is 11.8 Å². The van der Waals surface area contributed by atoms with Gasteiger partial charge in [0.15, 0.2) is 5.52 Å². The molecule has 6 nitrogen and oxygen atoms in total. The molecule has 8 heteroatoms. The minimum absolute atomic E-state index is 0.0564. The highest BCUT2D eigenvalue weighted by Crippen LogP contribution is 2.29. The average molecular weight is 260 g/mol. The van der Waals surface area contributed by atoms with Crippen LogP contribution in [0.4, 0.5) is 0 Å². The van der Waals surface area contributed by atoms with E-state index in [2.05, 4.69) is 14.9 Å². The Hall–Kier alpha value is -1.12. The molecule has 0 aliphatic heterocycles. The van der Waals surface area contributed by atoms with Crippen molar-refractivity contribution in [3.8, 4) is 0 Å². The number of fused-ring (bicyclic) bond motifs is 1. The predicted molar refractivity (Wildman–Crippen MR) is 58.0 cm³/mol. The Morgan fingerprint density at radius 2 is 2.06 bits per heavy atom. The predicted octanol–water partition coefficient (Wildman–Crippen LogP) is 1.58. The molecular weight excluding hydrogens is 252 g/mol. The molecular formula is C8H8N2O4S2. The van der Waals surface area contributed by atoms with Gasteiger partial charge in [-0.15, -0.1) is 11.8 Å². The van der Waals surface area contributed by atoms with Gasteiger partial charge in [0, 0.05) is 4.90 Å². The number of benzene rings is 1. The van der Waals surface area contributed by atoms with Gasteiger partial charge in [0.1, 0.15) is 10.4 Å². The number of thioether (sulfide) groups is 1. The summed E-state index contributed by atoms with van der Waals surface area (Å²) in [7, 11) is -4.30. The molecule has 0 radical (unpaired) electrons. The largest absolute Gasteiger partial charge is 0.296 e. The fraction of sp³-hybridized carbons (Fsp3) is 0.250. The number of nitrogens with zero attached hydrogens (tertiary/aromatic N) is 2. The first-order chi connectivity index (χ1) is 7.54. The summed E-state index contributed by atoms with van der Waals surface area (Å²) in [6, 6.07) is 2.86. The maximum Gasteiger partial charge on any atom is 0.296 e. The first kappa shape index (κ1) is 11.4. The molecule has 0 unspecified atom stereocenters. The van der Waals surface area contributed by atoms with Crippen LogP contribution in [0.1, 0.15) is 6.92 Å². The van der Waals surface area contributed by atoms with Crippen molar-refractivity contribution in [2.24, 2.45) is 0 Å². The van der Waals surface area contributed by atoms with Crippen molar-refractivity contribution < 1.29 is 17.6 Å². The van der Waals surface area contributed by atoms with Crippen LogP contribution in [-0.2, 0) is 10.1 Å². The fourth-order valence-corrected chi connectivity index (χ4v) is 2.67. The van der Waals surface area contributed by atoms with E-state index < -0.39 is 10.1 Å². The molecule has 1 aromatic carbocycles. The lowest BCUT2D eigenvalue weighted by atomic mass is 10.3. The monoisotopic (exact) mass is 260 g/mol. The van der Waals surface area contributed by atoms with Gasteiger partial charge in [-0.1, -0.05) is 6.92 Å². The molecule has 86 valence electrons. The lowest BCUT2D eigenvalue weighted by Crippen LogP contribution is -1.99. The molecule has 0 saturated heterocycles. The zero-order valence-corrected chi connectivity index (χ0v) is 9.88. The van der Waals surface area contributed by atoms with Gasteiger partial charge in [-0.2, -0.15) is 8.42 Å². The van der Waals surface area contributed by atoms with E-state index in [1.165, 1.54) is 17.8 Å². The third-order valence-electron chi connectivity index (χ3n) is 1.92. The zero-order valence-electron chi connectivity index (χ0n) is 8.24. The molecule has 0 atom stereocenters. The summed E-state index contributed by atoms with van der Waals surface area (Å²) in [6.45, 7) is 1.96. The maximum absolute atomic E-state index is 11.1. The third kappa shape index (κ3) is 1.91. The van der Waals surface area contributed by atoms with Gasteiger partial charge in [-0.3, -0.25) is 4.55 Å². The van der Waals surface area contributed by atoms with Gasteiger partial charge in [0.25, 0.3) is 10.1 Å². The van der Waals surface area contributed by atoms with Crippen LogP contribution in [0.2, 0.25) is 0 Å². The fourth-order valence-electron chi connectivity index (χ4n) is 1.30. The molecule has 0 spiro atoms. The normalized spacial score (nSPS) is 12.1. The lowest BCUT2D eigenvalue weighted by Gasteiger charge is -2.00. The quantitative estimate of drug-likeness (QED) is 0.661. The summed E-state index contributed by atoms with van der Waals surface area (Å²) in [5.74, 6) is 0.813. The Morgan fingerprint density at radius 1 is 1.38 bits per heavy atom. The Morgan fingerprint density at radius 3 is 2.69 bits per heavy atom. The number of hydrogen-bond donors (Lipinski definition) is 1. The minimum Gasteiger partial charge on any atom is -0.282 e. The maximum atomic E-state index is 11.1. The van der Waals surface area contributed by atoms with Crippen molar-refractivity contribution in [2.75, 3.05) is 5.75 Å². The van der Waals surface area contributed by atoms with Crippen LogP contribution in [0, 0.1) is 0 Å². The third-order valence-corrected chi connectivity index (χ3v) is 3.73. The second kappa shape index (κ2) is 4.04. The molecule has 0 amide bonds. The molecule has 0 saturated carbocycles. The van der Waals surface area contributed by atoms with Crippen LogP contribution in [0.3, 0.4) is 0 Å². The summed E-state index contributed by atoms with van der Waals surface area (Å²) in [5.41, 5.74) is 0.405. The Kier molecular flexibility index (Phi) is 2.87. The highest BCUT2D eigenvalue weighted by atomic mass is 32.2. The first-order valence-corrected chi connectivity index (χ1v) is 6.82. The highest BCUT2D eigenvalue weighted by molar-refractivity contribution is 7.99. The number of rotatable bonds is 3. The van der Waals surface area contributed by atoms with Crippen molar-refractivity contribution in [1.82, 2.24) is 10.3 Å². The number of hydrogen-bond acceptors (Lipinski definition) is 6. The standard InChI is InChI=1S/C8H8N2O4S2/c1-2-15-5-3-4-6(16(11,12)13)8-7(5)9-14-10-8/h3-4H,2H2,1H3,(H,11,12,13). The van der Waals surface area contributed by atoms with E-state index in [1.54, 1.807) is 6.07 Å². The summed E-state index contributed by atoms with van der Waals surface area (Å²) in [4.78, 5) is 0.482. The van der Waals surface area contributed by atoms with Crippen LogP contribution in [0.15, 0.2) is 26.6 Å². The summed E-state index contributed by atoms with van der Waals surface area (Å²) >= 11 is 1.49. The molecule has 0 fully saturated rings. The lowest BCUT2D eigenvalue weighted by molar-refractivity contribution is 0.314. The van der Waals surface area contributed by atoms with Crippen LogP contribution in [-0.4, -0.2) is 29.0 Å². The van der Waals surface area contributed by atoms with Gasteiger partial charge in [-0.25, -0.2) is 4.63 Å². The first-order valence-electron chi connectivity index (χ1n) is 4.39. The number of aromatic nitrogens is 2. The Balaban J connectivity index is 2.74. The topological polar surface area (TPSA) is 93.3 Å². The second-order valence-corrected chi connectivity index (χ2v) is 5.63. The van der Waals surface area contributed by atoms with Gasteiger partial charge in [0.2, 0.25) is 0 Å². The summed E-state index contributed by atoms with van der Waals surface area (Å²) in [6.07, 6.45) is 0. The van der Waals surface area contributed by atoms with Crippen molar-refractivity contribution >= 4 is 32.9 Å². The van der Waals surface area contributed by atoms with E-state index >= 15 is 0 Å². The van der Waals surface area contributed by atoms with Gasteiger partial charge in [-0.05, 0) is 28.2 Å². The Labute approximate surface area is 95.7 Å². The molecule has 0 aliphatic rings. The second-order valence-electron chi connectivity index (χ2n) is 2.93. The molecule has 2 rings (SSSR count). The molecule has 0 bridgehead atoms. The molecule has 0 aliphatic carbocycles. The van der Waals surface area contributed by atoms with E-state index in [0.717, 1.165) is 10.6 Å². The van der Waals surface area contributed by atoms with Gasteiger partial charge in [0.05, 0.1) is 0 Å². The van der Waals surface area contributed by atoms with Crippen molar-refractivity contribution in [3.63, 3.8) is 0 Å². The summed E-state index contributed by atoms with van der Waals surface area (Å²) < 4.78 is 35.6. The zero-order chi connectivity index (χ0) is 11.8. The average Bonchev–Trinajstić information content (AvgIpc) is 2.65. The minimum atomic E-state index is -4.30. The Bertz CT molecular complexity index is 620. The van der Waals surface area contributed by atoms with Crippen LogP contribution < -0.4 is 0 Å². The molecule has 1 aromatic heterocycles. The van der Waals surface area contributed by atoms with E-state index in [4.69, 9.17) is 4.55 Å². The molecule has 2 aromatic rings. The van der Waals surface area contributed by atoms with E-state index in [9.17, 15) is 8.42 Å². The van der Waals surface area contributed by atoms with Gasteiger partial charge < -0.3 is 0 Å². The molecule has 1 N–H and O–H groups in total. The van der Waals surface area contributed by atoms with E-state index in [0.29, 0.717) is 5.52 Å². The molecule has 1 heterocycles. The van der Waals surface area contributed by atoms with E-state index in [-0.39, 0.29) is 10.4 Å².